The molecule has 120 valence electrons. The van der Waals surface area contributed by atoms with Crippen molar-refractivity contribution in [3.8, 4) is 0 Å². The van der Waals surface area contributed by atoms with Crippen molar-refractivity contribution in [2.45, 2.75) is 26.1 Å². The number of halogens is 1. The van der Waals surface area contributed by atoms with Gasteiger partial charge in [0.25, 0.3) is 5.91 Å². The number of carbonyl (C=O) groups is 1. The van der Waals surface area contributed by atoms with Gasteiger partial charge < -0.3 is 15.4 Å². The van der Waals surface area contributed by atoms with E-state index in [0.29, 0.717) is 18.8 Å². The number of amides is 1. The molecule has 2 aromatic rings. The van der Waals surface area contributed by atoms with Crippen molar-refractivity contribution >= 4 is 29.7 Å². The van der Waals surface area contributed by atoms with Crippen LogP contribution in [0.5, 0.6) is 0 Å². The molecule has 0 atom stereocenters. The van der Waals surface area contributed by atoms with Crippen LogP contribution in [0.3, 0.4) is 0 Å². The lowest BCUT2D eigenvalue weighted by Crippen LogP contribution is -2.15. The molecule has 2 aliphatic heterocycles. The van der Waals surface area contributed by atoms with E-state index < -0.39 is 0 Å². The van der Waals surface area contributed by atoms with Gasteiger partial charge in [0, 0.05) is 23.5 Å². The SMILES string of the molecule is Cl.O=C(Nc1ccc2c(c1)CCCN2)c1ccc2c(c1)COC2. The Hall–Kier alpha value is -2.04. The Labute approximate surface area is 141 Å². The molecule has 0 aromatic heterocycles. The van der Waals surface area contributed by atoms with Gasteiger partial charge in [-0.1, -0.05) is 6.07 Å². The van der Waals surface area contributed by atoms with Crippen molar-refractivity contribution in [1.29, 1.82) is 0 Å². The van der Waals surface area contributed by atoms with Gasteiger partial charge in [0.1, 0.15) is 0 Å². The Kier molecular flexibility index (Phi) is 4.55. The summed E-state index contributed by atoms with van der Waals surface area (Å²) in [6.07, 6.45) is 2.19. The second-order valence-corrected chi connectivity index (χ2v) is 5.83. The minimum atomic E-state index is -0.0709. The molecular weight excluding hydrogens is 312 g/mol. The molecule has 2 N–H and O–H groups in total. The van der Waals surface area contributed by atoms with Gasteiger partial charge in [0.15, 0.2) is 0 Å². The van der Waals surface area contributed by atoms with Crippen LogP contribution in [0.25, 0.3) is 0 Å². The number of ether oxygens (including phenoxy) is 1. The van der Waals surface area contributed by atoms with Gasteiger partial charge in [-0.05, 0) is 59.9 Å². The van der Waals surface area contributed by atoms with E-state index in [-0.39, 0.29) is 18.3 Å². The third-order valence-electron chi connectivity index (χ3n) is 4.29. The maximum Gasteiger partial charge on any atom is 0.255 e. The molecule has 0 spiro atoms. The first-order valence-corrected chi connectivity index (χ1v) is 7.67. The molecule has 2 aliphatic rings. The highest BCUT2D eigenvalue weighted by atomic mass is 35.5. The monoisotopic (exact) mass is 330 g/mol. The zero-order valence-corrected chi connectivity index (χ0v) is 13.5. The van der Waals surface area contributed by atoms with Crippen molar-refractivity contribution in [1.82, 2.24) is 0 Å². The summed E-state index contributed by atoms with van der Waals surface area (Å²) in [5.74, 6) is -0.0709. The fourth-order valence-electron chi connectivity index (χ4n) is 3.07. The maximum atomic E-state index is 12.4. The van der Waals surface area contributed by atoms with E-state index in [0.717, 1.165) is 30.6 Å². The highest BCUT2D eigenvalue weighted by Crippen LogP contribution is 2.26. The van der Waals surface area contributed by atoms with Gasteiger partial charge in [0.2, 0.25) is 0 Å². The minimum Gasteiger partial charge on any atom is -0.385 e. The summed E-state index contributed by atoms with van der Waals surface area (Å²) in [6, 6.07) is 11.8. The van der Waals surface area contributed by atoms with Crippen molar-refractivity contribution in [3.05, 3.63) is 58.7 Å². The van der Waals surface area contributed by atoms with Crippen LogP contribution in [0.2, 0.25) is 0 Å². The first-order chi connectivity index (χ1) is 10.8. The Morgan fingerprint density at radius 3 is 2.83 bits per heavy atom. The smallest absolute Gasteiger partial charge is 0.255 e. The third kappa shape index (κ3) is 3.19. The summed E-state index contributed by atoms with van der Waals surface area (Å²) in [5.41, 5.74) is 6.27. The van der Waals surface area contributed by atoms with E-state index in [2.05, 4.69) is 16.7 Å². The molecular formula is C18H19ClN2O2. The van der Waals surface area contributed by atoms with Crippen LogP contribution in [-0.2, 0) is 24.4 Å². The van der Waals surface area contributed by atoms with Crippen LogP contribution in [0.4, 0.5) is 11.4 Å². The molecule has 0 saturated heterocycles. The molecule has 2 heterocycles. The van der Waals surface area contributed by atoms with Gasteiger partial charge in [-0.25, -0.2) is 0 Å². The number of fused-ring (bicyclic) bond motifs is 2. The van der Waals surface area contributed by atoms with E-state index in [9.17, 15) is 4.79 Å². The Bertz CT molecular complexity index is 746. The highest BCUT2D eigenvalue weighted by Gasteiger charge is 2.15. The Morgan fingerprint density at radius 1 is 1.04 bits per heavy atom. The topological polar surface area (TPSA) is 50.4 Å². The Morgan fingerprint density at radius 2 is 1.91 bits per heavy atom. The molecule has 0 unspecified atom stereocenters. The van der Waals surface area contributed by atoms with Crippen LogP contribution in [0.1, 0.15) is 33.5 Å². The van der Waals surface area contributed by atoms with E-state index in [1.54, 1.807) is 0 Å². The number of hydrogen-bond donors (Lipinski definition) is 2. The molecule has 0 radical (unpaired) electrons. The van der Waals surface area contributed by atoms with Crippen molar-refractivity contribution in [2.24, 2.45) is 0 Å². The molecule has 0 bridgehead atoms. The first-order valence-electron chi connectivity index (χ1n) is 7.67. The summed E-state index contributed by atoms with van der Waals surface area (Å²) < 4.78 is 5.39. The van der Waals surface area contributed by atoms with Crippen LogP contribution in [0, 0.1) is 0 Å². The minimum absolute atomic E-state index is 0. The normalized spacial score (nSPS) is 15.0. The number of carbonyl (C=O) groups excluding carboxylic acids is 1. The quantitative estimate of drug-likeness (QED) is 0.881. The fraction of sp³-hybridized carbons (Fsp3) is 0.278. The lowest BCUT2D eigenvalue weighted by Gasteiger charge is -2.18. The number of benzene rings is 2. The van der Waals surface area contributed by atoms with Gasteiger partial charge in [-0.2, -0.15) is 0 Å². The zero-order valence-electron chi connectivity index (χ0n) is 12.7. The maximum absolute atomic E-state index is 12.4. The highest BCUT2D eigenvalue weighted by molar-refractivity contribution is 6.04. The second kappa shape index (κ2) is 6.60. The van der Waals surface area contributed by atoms with Crippen molar-refractivity contribution in [3.63, 3.8) is 0 Å². The summed E-state index contributed by atoms with van der Waals surface area (Å²) in [7, 11) is 0. The third-order valence-corrected chi connectivity index (χ3v) is 4.29. The average Bonchev–Trinajstić information content (AvgIpc) is 3.02. The van der Waals surface area contributed by atoms with Crippen molar-refractivity contribution < 1.29 is 9.53 Å². The molecule has 4 nitrogen and oxygen atoms in total. The lowest BCUT2D eigenvalue weighted by molar-refractivity contribution is 0.102. The number of hydrogen-bond acceptors (Lipinski definition) is 3. The molecule has 0 fully saturated rings. The van der Waals surface area contributed by atoms with E-state index in [1.807, 2.05) is 30.3 Å². The van der Waals surface area contributed by atoms with E-state index >= 15 is 0 Å². The molecule has 5 heteroatoms. The predicted molar refractivity (Wildman–Crippen MR) is 93.4 cm³/mol. The van der Waals surface area contributed by atoms with Gasteiger partial charge >= 0.3 is 0 Å². The van der Waals surface area contributed by atoms with Crippen molar-refractivity contribution in [2.75, 3.05) is 17.2 Å². The standard InChI is InChI=1S/C18H18N2O2.ClH/c21-18(13-3-4-14-10-22-11-15(14)8-13)20-16-5-6-17-12(9-16)2-1-7-19-17;/h3-6,8-9,19H,1-2,7,10-11H2,(H,20,21);1H. The second-order valence-electron chi connectivity index (χ2n) is 5.83. The number of anilines is 2. The first kappa shape index (κ1) is 15.8. The average molecular weight is 331 g/mol. The summed E-state index contributed by atoms with van der Waals surface area (Å²) in [4.78, 5) is 12.4. The summed E-state index contributed by atoms with van der Waals surface area (Å²) in [5, 5.41) is 6.37. The summed E-state index contributed by atoms with van der Waals surface area (Å²) >= 11 is 0. The predicted octanol–water partition coefficient (Wildman–Crippen LogP) is 3.75. The number of rotatable bonds is 2. The summed E-state index contributed by atoms with van der Waals surface area (Å²) in [6.45, 7) is 2.27. The molecule has 0 aliphatic carbocycles. The molecule has 1 amide bonds. The van der Waals surface area contributed by atoms with Crippen LogP contribution >= 0.6 is 12.4 Å². The number of aryl methyl sites for hydroxylation is 1. The lowest BCUT2D eigenvalue weighted by atomic mass is 10.0. The number of nitrogens with one attached hydrogen (secondary N) is 2. The zero-order chi connectivity index (χ0) is 14.9. The molecule has 4 rings (SSSR count). The van der Waals surface area contributed by atoms with Crippen LogP contribution in [-0.4, -0.2) is 12.5 Å². The molecule has 23 heavy (non-hydrogen) atoms. The van der Waals surface area contributed by atoms with E-state index in [1.165, 1.54) is 16.8 Å². The molecule has 2 aromatic carbocycles. The largest absolute Gasteiger partial charge is 0.385 e. The van der Waals surface area contributed by atoms with Crippen LogP contribution in [0.15, 0.2) is 36.4 Å². The fourth-order valence-corrected chi connectivity index (χ4v) is 3.07. The van der Waals surface area contributed by atoms with Crippen LogP contribution < -0.4 is 10.6 Å². The van der Waals surface area contributed by atoms with Gasteiger partial charge in [-0.15, -0.1) is 12.4 Å². The van der Waals surface area contributed by atoms with Gasteiger partial charge in [-0.3, -0.25) is 4.79 Å². The Balaban J connectivity index is 0.00000156. The van der Waals surface area contributed by atoms with E-state index in [4.69, 9.17) is 4.74 Å². The molecule has 0 saturated carbocycles. The van der Waals surface area contributed by atoms with Gasteiger partial charge in [0.05, 0.1) is 13.2 Å².